The quantitative estimate of drug-likeness (QED) is 0.548. The normalized spacial score (nSPS) is 11.5. The van der Waals surface area contributed by atoms with Crippen LogP contribution in [0.5, 0.6) is 0 Å². The number of hydrogen-bond donors (Lipinski definition) is 0. The van der Waals surface area contributed by atoms with Crippen LogP contribution in [0.1, 0.15) is 57.1 Å². The van der Waals surface area contributed by atoms with E-state index >= 15 is 0 Å². The first-order valence-electron chi connectivity index (χ1n) is 9.79. The molecule has 11 heteroatoms. The lowest BCUT2D eigenvalue weighted by Crippen LogP contribution is -2.30. The molecule has 8 nitrogen and oxygen atoms in total. The van der Waals surface area contributed by atoms with E-state index in [0.29, 0.717) is 6.42 Å². The summed E-state index contributed by atoms with van der Waals surface area (Å²) in [4.78, 5) is 11.6. The molecule has 0 aliphatic rings. The van der Waals surface area contributed by atoms with Gasteiger partial charge in [-0.05, 0) is 25.5 Å². The van der Waals surface area contributed by atoms with Gasteiger partial charge in [0.15, 0.2) is 0 Å². The van der Waals surface area contributed by atoms with Crippen molar-refractivity contribution >= 4 is 10.0 Å². The van der Waals surface area contributed by atoms with E-state index in [-0.39, 0.29) is 36.7 Å². The molecule has 1 aromatic heterocycles. The molecule has 2 aromatic rings. The number of hydrogen-bond acceptors (Lipinski definition) is 6. The second-order valence-electron chi connectivity index (χ2n) is 6.31. The second-order valence-corrected chi connectivity index (χ2v) is 8.29. The third-order valence-corrected chi connectivity index (χ3v) is 5.38. The molecular formula is C21H28F2N4O4S. The van der Waals surface area contributed by atoms with Crippen molar-refractivity contribution in [3.63, 3.8) is 0 Å². The lowest BCUT2D eigenvalue weighted by Gasteiger charge is -2.20. The minimum atomic E-state index is -3.58. The Morgan fingerprint density at radius 2 is 1.88 bits per heavy atom. The molecule has 0 N–H and O–H groups in total. The van der Waals surface area contributed by atoms with Crippen molar-refractivity contribution < 1.29 is 21.6 Å². The zero-order valence-electron chi connectivity index (χ0n) is 18.8. The van der Waals surface area contributed by atoms with E-state index in [1.54, 1.807) is 13.0 Å². The third kappa shape index (κ3) is 7.59. The molecule has 0 amide bonds. The molecule has 0 fully saturated rings. The molecule has 0 spiro atoms. The monoisotopic (exact) mass is 470 g/mol. The van der Waals surface area contributed by atoms with Crippen molar-refractivity contribution in [3.05, 3.63) is 51.3 Å². The van der Waals surface area contributed by atoms with E-state index in [0.717, 1.165) is 27.4 Å². The average molecular weight is 471 g/mol. The fraction of sp³-hybridized carbons (Fsp3) is 0.476. The number of halogens is 2. The third-order valence-electron chi connectivity index (χ3n) is 4.13. The summed E-state index contributed by atoms with van der Waals surface area (Å²) in [5, 5.41) is 12.5. The maximum atomic E-state index is 14.6. The summed E-state index contributed by atoms with van der Waals surface area (Å²) in [5.41, 5.74) is -0.211. The van der Waals surface area contributed by atoms with Crippen LogP contribution in [0.2, 0.25) is 0 Å². The summed E-state index contributed by atoms with van der Waals surface area (Å²) in [6.07, 6.45) is 9.53. The Bertz CT molecular complexity index is 1100. The van der Waals surface area contributed by atoms with Crippen molar-refractivity contribution in [3.8, 4) is 18.9 Å². The SMILES string of the molecule is C#C.CC.CCCN(Cc1cc(F)c(C(C)c2nn(CC#N)c(=O)o2)cc1F)S(C)(=O)=O. The van der Waals surface area contributed by atoms with E-state index in [1.807, 2.05) is 13.8 Å². The van der Waals surface area contributed by atoms with Gasteiger partial charge in [-0.1, -0.05) is 20.8 Å². The smallest absolute Gasteiger partial charge is 0.392 e. The predicted molar refractivity (Wildman–Crippen MR) is 117 cm³/mol. The van der Waals surface area contributed by atoms with Crippen molar-refractivity contribution in [2.75, 3.05) is 12.8 Å². The summed E-state index contributed by atoms with van der Waals surface area (Å²) in [6.45, 7) is 6.80. The molecule has 2 rings (SSSR count). The fourth-order valence-corrected chi connectivity index (χ4v) is 3.54. The van der Waals surface area contributed by atoms with Crippen LogP contribution in [0, 0.1) is 35.8 Å². The van der Waals surface area contributed by atoms with Gasteiger partial charge in [-0.15, -0.1) is 17.9 Å². The number of benzene rings is 1. The van der Waals surface area contributed by atoms with Crippen LogP contribution in [0.25, 0.3) is 0 Å². The maximum absolute atomic E-state index is 14.6. The zero-order valence-corrected chi connectivity index (χ0v) is 19.6. The molecule has 176 valence electrons. The van der Waals surface area contributed by atoms with Crippen LogP contribution >= 0.6 is 0 Å². The first kappa shape index (κ1) is 29.0. The summed E-state index contributed by atoms with van der Waals surface area (Å²) in [5.74, 6) is -3.49. The summed E-state index contributed by atoms with van der Waals surface area (Å²) >= 11 is 0. The van der Waals surface area contributed by atoms with Crippen LogP contribution in [0.3, 0.4) is 0 Å². The molecule has 1 atom stereocenters. The van der Waals surface area contributed by atoms with Crippen LogP contribution in [0.15, 0.2) is 21.3 Å². The average Bonchev–Trinajstić information content (AvgIpc) is 3.12. The van der Waals surface area contributed by atoms with Gasteiger partial charge in [0, 0.05) is 24.2 Å². The van der Waals surface area contributed by atoms with Gasteiger partial charge in [0.1, 0.15) is 18.2 Å². The molecule has 0 bridgehead atoms. The first-order chi connectivity index (χ1) is 15.1. The Kier molecular flexibility index (Phi) is 12.1. The minimum absolute atomic E-state index is 0.104. The Labute approximate surface area is 187 Å². The van der Waals surface area contributed by atoms with Crippen LogP contribution in [-0.4, -0.2) is 35.3 Å². The molecule has 32 heavy (non-hydrogen) atoms. The predicted octanol–water partition coefficient (Wildman–Crippen LogP) is 3.24. The van der Waals surface area contributed by atoms with E-state index in [2.05, 4.69) is 17.9 Å². The first-order valence-corrected chi connectivity index (χ1v) is 11.6. The topological polar surface area (TPSA) is 109 Å². The minimum Gasteiger partial charge on any atom is -0.392 e. The highest BCUT2D eigenvalue weighted by Gasteiger charge is 2.24. The van der Waals surface area contributed by atoms with Crippen LogP contribution < -0.4 is 5.76 Å². The molecule has 0 aliphatic carbocycles. The molecular weight excluding hydrogens is 442 g/mol. The van der Waals surface area contributed by atoms with Gasteiger partial charge in [0.05, 0.1) is 18.2 Å². The highest BCUT2D eigenvalue weighted by atomic mass is 32.2. The Morgan fingerprint density at radius 1 is 1.28 bits per heavy atom. The van der Waals surface area contributed by atoms with Gasteiger partial charge in [-0.2, -0.15) is 14.2 Å². The fourth-order valence-electron chi connectivity index (χ4n) is 2.66. The molecule has 0 saturated heterocycles. The van der Waals surface area contributed by atoms with E-state index in [9.17, 15) is 22.0 Å². The van der Waals surface area contributed by atoms with Gasteiger partial charge < -0.3 is 4.42 Å². The Hall–Kier alpha value is -3.02. The largest absolute Gasteiger partial charge is 0.438 e. The van der Waals surface area contributed by atoms with Crippen molar-refractivity contribution in [2.24, 2.45) is 0 Å². The Balaban J connectivity index is 0.00000227. The number of rotatable bonds is 8. The van der Waals surface area contributed by atoms with Gasteiger partial charge >= 0.3 is 5.76 Å². The van der Waals surface area contributed by atoms with Gasteiger partial charge in [0.2, 0.25) is 15.9 Å². The zero-order chi connectivity index (χ0) is 25.1. The number of aromatic nitrogens is 2. The summed E-state index contributed by atoms with van der Waals surface area (Å²) in [7, 11) is -3.58. The van der Waals surface area contributed by atoms with Gasteiger partial charge in [-0.25, -0.2) is 22.0 Å². The number of sulfonamides is 1. The molecule has 0 aliphatic heterocycles. The second kappa shape index (κ2) is 13.4. The number of terminal acetylenes is 1. The molecule has 1 aromatic carbocycles. The number of nitriles is 1. The molecule has 1 unspecified atom stereocenters. The van der Waals surface area contributed by atoms with Crippen molar-refractivity contribution in [1.82, 2.24) is 14.1 Å². The standard InChI is InChI=1S/C17H20F2N4O4S.C2H6.C2H2/c1-4-6-22(28(3,25)26)10-12-8-15(19)13(9-14(12)18)11(2)16-21-23(7-5-20)17(24)27-16;2*1-2/h8-9,11H,4,6-7,10H2,1-3H3;1-2H3;1-2H. The lowest BCUT2D eigenvalue weighted by molar-refractivity contribution is 0.399. The highest BCUT2D eigenvalue weighted by Crippen LogP contribution is 2.27. The maximum Gasteiger partial charge on any atom is 0.438 e. The van der Waals surface area contributed by atoms with Crippen molar-refractivity contribution in [1.29, 1.82) is 5.26 Å². The summed E-state index contributed by atoms with van der Waals surface area (Å²) in [6, 6.07) is 3.60. The van der Waals surface area contributed by atoms with E-state index in [4.69, 9.17) is 9.68 Å². The van der Waals surface area contributed by atoms with E-state index < -0.39 is 33.3 Å². The van der Waals surface area contributed by atoms with E-state index in [1.165, 1.54) is 6.92 Å². The lowest BCUT2D eigenvalue weighted by atomic mass is 9.98. The van der Waals surface area contributed by atoms with Gasteiger partial charge in [-0.3, -0.25) is 0 Å². The number of nitrogens with zero attached hydrogens (tertiary/aromatic N) is 4. The Morgan fingerprint density at radius 3 is 2.38 bits per heavy atom. The van der Waals surface area contributed by atoms with Crippen LogP contribution in [0.4, 0.5) is 8.78 Å². The van der Waals surface area contributed by atoms with Crippen molar-refractivity contribution in [2.45, 2.75) is 53.1 Å². The highest BCUT2D eigenvalue weighted by molar-refractivity contribution is 7.88. The molecule has 0 radical (unpaired) electrons. The molecule has 0 saturated carbocycles. The van der Waals surface area contributed by atoms with Crippen LogP contribution in [-0.2, 0) is 23.1 Å². The summed E-state index contributed by atoms with van der Waals surface area (Å²) < 4.78 is 59.5. The van der Waals surface area contributed by atoms with Gasteiger partial charge in [0.25, 0.3) is 0 Å². The molecule has 1 heterocycles.